The van der Waals surface area contributed by atoms with E-state index in [0.717, 1.165) is 36.0 Å². The summed E-state index contributed by atoms with van der Waals surface area (Å²) < 4.78 is 5.89. The average molecular weight is 371 g/mol. The van der Waals surface area contributed by atoms with E-state index in [9.17, 15) is 4.79 Å². The van der Waals surface area contributed by atoms with Crippen molar-refractivity contribution in [3.63, 3.8) is 0 Å². The third-order valence-electron chi connectivity index (χ3n) is 5.10. The first kappa shape index (κ1) is 17.7. The Balaban J connectivity index is 1.38. The number of aryl methyl sites for hydroxylation is 1. The summed E-state index contributed by atoms with van der Waals surface area (Å²) in [5, 5.41) is 9.81. The van der Waals surface area contributed by atoms with E-state index in [1.54, 1.807) is 17.3 Å². The molecule has 2 aliphatic heterocycles. The smallest absolute Gasteiger partial charge is 0.317 e. The minimum absolute atomic E-state index is 0.0993. The van der Waals surface area contributed by atoms with E-state index < -0.39 is 0 Å². The second kappa shape index (κ2) is 7.91. The van der Waals surface area contributed by atoms with Gasteiger partial charge < -0.3 is 19.9 Å². The SMILES string of the molecule is Cc1[nH]ncc1CNC(=O)N1CCO[C@@H](c2ccnc(N3CCCC3)n2)C1. The molecule has 144 valence electrons. The number of H-pyrrole nitrogens is 1. The average Bonchev–Trinajstić information content (AvgIpc) is 3.38. The number of morpholine rings is 1. The van der Waals surface area contributed by atoms with Crippen LogP contribution in [0.2, 0.25) is 0 Å². The maximum atomic E-state index is 12.5. The molecule has 9 nitrogen and oxygen atoms in total. The molecule has 2 aromatic rings. The number of urea groups is 1. The highest BCUT2D eigenvalue weighted by Crippen LogP contribution is 2.23. The molecule has 0 radical (unpaired) electrons. The Morgan fingerprint density at radius 3 is 3.00 bits per heavy atom. The van der Waals surface area contributed by atoms with Crippen LogP contribution >= 0.6 is 0 Å². The molecule has 27 heavy (non-hydrogen) atoms. The van der Waals surface area contributed by atoms with Gasteiger partial charge in [-0.3, -0.25) is 5.10 Å². The van der Waals surface area contributed by atoms with Crippen LogP contribution in [-0.2, 0) is 11.3 Å². The van der Waals surface area contributed by atoms with Gasteiger partial charge in [-0.05, 0) is 25.8 Å². The number of carbonyl (C=O) groups excluding carboxylic acids is 1. The Bertz CT molecular complexity index is 788. The van der Waals surface area contributed by atoms with E-state index in [1.165, 1.54) is 12.8 Å². The van der Waals surface area contributed by atoms with Crippen molar-refractivity contribution in [3.8, 4) is 0 Å². The number of aromatic nitrogens is 4. The number of hydrogen-bond donors (Lipinski definition) is 2. The van der Waals surface area contributed by atoms with Crippen LogP contribution in [0.4, 0.5) is 10.7 Å². The van der Waals surface area contributed by atoms with Gasteiger partial charge in [-0.2, -0.15) is 5.10 Å². The highest BCUT2D eigenvalue weighted by Gasteiger charge is 2.27. The first-order chi connectivity index (χ1) is 13.2. The van der Waals surface area contributed by atoms with Crippen LogP contribution in [0, 0.1) is 6.92 Å². The lowest BCUT2D eigenvalue weighted by Gasteiger charge is -2.32. The maximum Gasteiger partial charge on any atom is 0.317 e. The quantitative estimate of drug-likeness (QED) is 0.843. The number of anilines is 1. The van der Waals surface area contributed by atoms with Crippen LogP contribution in [0.25, 0.3) is 0 Å². The molecule has 1 atom stereocenters. The summed E-state index contributed by atoms with van der Waals surface area (Å²) in [4.78, 5) is 25.6. The van der Waals surface area contributed by atoms with E-state index in [2.05, 4.69) is 30.4 Å². The molecule has 4 rings (SSSR count). The summed E-state index contributed by atoms with van der Waals surface area (Å²) >= 11 is 0. The third kappa shape index (κ3) is 4.02. The van der Waals surface area contributed by atoms with Crippen molar-refractivity contribution in [2.24, 2.45) is 0 Å². The van der Waals surface area contributed by atoms with Gasteiger partial charge in [-0.1, -0.05) is 0 Å². The van der Waals surface area contributed by atoms with Crippen LogP contribution < -0.4 is 10.2 Å². The normalized spacial score (nSPS) is 20.1. The zero-order chi connectivity index (χ0) is 18.6. The molecule has 2 aliphatic rings. The summed E-state index contributed by atoms with van der Waals surface area (Å²) in [5.74, 6) is 0.755. The summed E-state index contributed by atoms with van der Waals surface area (Å²) in [6.45, 7) is 5.92. The van der Waals surface area contributed by atoms with Crippen molar-refractivity contribution < 1.29 is 9.53 Å². The Morgan fingerprint density at radius 1 is 1.37 bits per heavy atom. The third-order valence-corrected chi connectivity index (χ3v) is 5.10. The molecular formula is C18H25N7O2. The molecule has 2 fully saturated rings. The number of hydrogen-bond acceptors (Lipinski definition) is 6. The summed E-state index contributed by atoms with van der Waals surface area (Å²) in [7, 11) is 0. The molecule has 0 aliphatic carbocycles. The molecule has 0 unspecified atom stereocenters. The number of nitrogens with one attached hydrogen (secondary N) is 2. The van der Waals surface area contributed by atoms with E-state index >= 15 is 0 Å². The zero-order valence-corrected chi connectivity index (χ0v) is 15.5. The fourth-order valence-electron chi connectivity index (χ4n) is 3.46. The maximum absolute atomic E-state index is 12.5. The second-order valence-electron chi connectivity index (χ2n) is 6.96. The molecular weight excluding hydrogens is 346 g/mol. The van der Waals surface area contributed by atoms with Gasteiger partial charge in [0.05, 0.1) is 25.0 Å². The Hall–Kier alpha value is -2.68. The molecule has 2 aromatic heterocycles. The highest BCUT2D eigenvalue weighted by molar-refractivity contribution is 5.74. The lowest BCUT2D eigenvalue weighted by molar-refractivity contribution is -0.0176. The van der Waals surface area contributed by atoms with Gasteiger partial charge in [0.2, 0.25) is 5.95 Å². The Labute approximate surface area is 158 Å². The van der Waals surface area contributed by atoms with Gasteiger partial charge in [0.1, 0.15) is 6.10 Å². The first-order valence-electron chi connectivity index (χ1n) is 9.42. The number of nitrogens with zero attached hydrogens (tertiary/aromatic N) is 5. The fraction of sp³-hybridized carbons (Fsp3) is 0.556. The molecule has 0 spiro atoms. The van der Waals surface area contributed by atoms with Crippen LogP contribution in [0.3, 0.4) is 0 Å². The molecule has 2 N–H and O–H groups in total. The fourth-order valence-corrected chi connectivity index (χ4v) is 3.46. The molecule has 2 saturated heterocycles. The summed E-state index contributed by atoms with van der Waals surface area (Å²) in [6.07, 6.45) is 5.64. The van der Waals surface area contributed by atoms with Crippen LogP contribution in [0.15, 0.2) is 18.5 Å². The topological polar surface area (TPSA) is 99.3 Å². The highest BCUT2D eigenvalue weighted by atomic mass is 16.5. The van der Waals surface area contributed by atoms with Gasteiger partial charge in [-0.25, -0.2) is 14.8 Å². The van der Waals surface area contributed by atoms with Crippen molar-refractivity contribution >= 4 is 12.0 Å². The van der Waals surface area contributed by atoms with Crippen LogP contribution in [0.1, 0.15) is 35.9 Å². The van der Waals surface area contributed by atoms with E-state index in [1.807, 2.05) is 13.0 Å². The summed E-state index contributed by atoms with van der Waals surface area (Å²) in [6, 6.07) is 1.78. The number of carbonyl (C=O) groups is 1. The largest absolute Gasteiger partial charge is 0.368 e. The van der Waals surface area contributed by atoms with Gasteiger partial charge in [0.25, 0.3) is 0 Å². The second-order valence-corrected chi connectivity index (χ2v) is 6.96. The van der Waals surface area contributed by atoms with Crippen molar-refractivity contribution in [1.29, 1.82) is 0 Å². The van der Waals surface area contributed by atoms with Crippen molar-refractivity contribution in [3.05, 3.63) is 35.4 Å². The minimum Gasteiger partial charge on any atom is -0.368 e. The van der Waals surface area contributed by atoms with E-state index in [0.29, 0.717) is 26.2 Å². The van der Waals surface area contributed by atoms with Crippen LogP contribution in [-0.4, -0.2) is 63.9 Å². The monoisotopic (exact) mass is 371 g/mol. The standard InChI is InChI=1S/C18H25N7O2/c1-13-14(11-21-23-13)10-20-18(26)25-8-9-27-16(12-25)15-4-5-19-17(22-15)24-6-2-3-7-24/h4-5,11,16H,2-3,6-10,12H2,1H3,(H,20,26)(H,21,23)/t16-/m1/s1. The lowest BCUT2D eigenvalue weighted by atomic mass is 10.2. The van der Waals surface area contributed by atoms with Gasteiger partial charge in [-0.15, -0.1) is 0 Å². The van der Waals surface area contributed by atoms with Gasteiger partial charge in [0.15, 0.2) is 0 Å². The van der Waals surface area contributed by atoms with Crippen molar-refractivity contribution in [2.75, 3.05) is 37.7 Å². The van der Waals surface area contributed by atoms with Crippen molar-refractivity contribution in [1.82, 2.24) is 30.4 Å². The zero-order valence-electron chi connectivity index (χ0n) is 15.5. The van der Waals surface area contributed by atoms with Gasteiger partial charge in [0, 0.05) is 43.6 Å². The first-order valence-corrected chi connectivity index (χ1v) is 9.42. The molecule has 0 aromatic carbocycles. The molecule has 9 heteroatoms. The minimum atomic E-state index is -0.232. The molecule has 0 bridgehead atoms. The summed E-state index contributed by atoms with van der Waals surface area (Å²) in [5.41, 5.74) is 2.78. The van der Waals surface area contributed by atoms with Gasteiger partial charge >= 0.3 is 6.03 Å². The molecule has 0 saturated carbocycles. The molecule has 4 heterocycles. The Morgan fingerprint density at radius 2 is 2.22 bits per heavy atom. The van der Waals surface area contributed by atoms with Crippen molar-refractivity contribution in [2.45, 2.75) is 32.4 Å². The van der Waals surface area contributed by atoms with E-state index in [4.69, 9.17) is 4.74 Å². The number of amides is 2. The molecule has 2 amide bonds. The van der Waals surface area contributed by atoms with Crippen LogP contribution in [0.5, 0.6) is 0 Å². The van der Waals surface area contributed by atoms with E-state index in [-0.39, 0.29) is 12.1 Å². The predicted octanol–water partition coefficient (Wildman–Crippen LogP) is 1.39. The number of aromatic amines is 1. The lowest BCUT2D eigenvalue weighted by Crippen LogP contribution is -2.47. The Kier molecular flexibility index (Phi) is 5.19. The number of rotatable bonds is 4. The predicted molar refractivity (Wildman–Crippen MR) is 99.3 cm³/mol. The number of ether oxygens (including phenoxy) is 1.